The minimum Gasteiger partial charge on any atom is -0.377 e. The summed E-state index contributed by atoms with van der Waals surface area (Å²) < 4.78 is 5.10. The first kappa shape index (κ1) is 16.4. The quantitative estimate of drug-likeness (QED) is 0.781. The van der Waals surface area contributed by atoms with Crippen LogP contribution in [0.25, 0.3) is 0 Å². The van der Waals surface area contributed by atoms with Crippen molar-refractivity contribution in [3.8, 4) is 0 Å². The molecule has 1 aromatic heterocycles. The second kappa shape index (κ2) is 7.84. The first-order valence-corrected chi connectivity index (χ1v) is 7.93. The number of hydrogen-bond donors (Lipinski definition) is 1. The second-order valence-corrected chi connectivity index (χ2v) is 6.06. The Hall–Kier alpha value is -1.01. The van der Waals surface area contributed by atoms with E-state index < -0.39 is 0 Å². The lowest BCUT2D eigenvalue weighted by Gasteiger charge is -2.08. The molecule has 1 heterocycles. The van der Waals surface area contributed by atoms with Crippen molar-refractivity contribution in [1.29, 1.82) is 0 Å². The predicted molar refractivity (Wildman–Crippen MR) is 87.5 cm³/mol. The smallest absolute Gasteiger partial charge is 0.157 e. The van der Waals surface area contributed by atoms with Crippen LogP contribution < -0.4 is 5.32 Å². The number of nitrogens with one attached hydrogen (secondary N) is 1. The molecule has 112 valence electrons. The highest BCUT2D eigenvalue weighted by atomic mass is 35.5. The van der Waals surface area contributed by atoms with Crippen LogP contribution in [0.1, 0.15) is 12.7 Å². The summed E-state index contributed by atoms with van der Waals surface area (Å²) in [4.78, 5) is 9.81. The monoisotopic (exact) mass is 343 g/mol. The van der Waals surface area contributed by atoms with E-state index in [0.717, 1.165) is 22.3 Å². The summed E-state index contributed by atoms with van der Waals surface area (Å²) in [6.07, 6.45) is 0. The molecule has 0 atom stereocenters. The summed E-state index contributed by atoms with van der Waals surface area (Å²) in [5.41, 5.74) is 0. The average Bonchev–Trinajstić information content (AvgIpc) is 2.43. The van der Waals surface area contributed by atoms with Gasteiger partial charge in [-0.25, -0.2) is 9.97 Å². The fourth-order valence-corrected chi connectivity index (χ4v) is 2.89. The number of hydrogen-bond acceptors (Lipinski definition) is 5. The summed E-state index contributed by atoms with van der Waals surface area (Å²) in [5.74, 6) is 1.42. The predicted octanol–water partition coefficient (Wildman–Crippen LogP) is 4.51. The Morgan fingerprint density at radius 3 is 2.67 bits per heavy atom. The van der Waals surface area contributed by atoms with E-state index in [1.54, 1.807) is 13.2 Å². The first-order valence-electron chi connectivity index (χ1n) is 6.36. The van der Waals surface area contributed by atoms with Gasteiger partial charge >= 0.3 is 0 Å². The highest BCUT2D eigenvalue weighted by Gasteiger charge is 2.07. The van der Waals surface area contributed by atoms with Crippen LogP contribution in [0.4, 0.5) is 5.82 Å². The minimum atomic E-state index is 0.369. The molecule has 2 aromatic rings. The molecule has 7 heteroatoms. The van der Waals surface area contributed by atoms with Gasteiger partial charge in [-0.15, -0.1) is 0 Å². The van der Waals surface area contributed by atoms with E-state index in [1.807, 2.05) is 25.1 Å². The minimum absolute atomic E-state index is 0.369. The summed E-state index contributed by atoms with van der Waals surface area (Å²) >= 11 is 13.5. The van der Waals surface area contributed by atoms with Crippen molar-refractivity contribution >= 4 is 40.8 Å². The molecule has 0 aliphatic heterocycles. The number of methoxy groups -OCH3 is 1. The van der Waals surface area contributed by atoms with Crippen molar-refractivity contribution in [2.75, 3.05) is 19.0 Å². The van der Waals surface area contributed by atoms with Crippen molar-refractivity contribution in [2.24, 2.45) is 0 Å². The molecular weight excluding hydrogens is 329 g/mol. The average molecular weight is 344 g/mol. The molecule has 0 bridgehead atoms. The van der Waals surface area contributed by atoms with Gasteiger partial charge in [0.15, 0.2) is 5.82 Å². The molecule has 0 radical (unpaired) electrons. The lowest BCUT2D eigenvalue weighted by molar-refractivity contribution is 0.177. The van der Waals surface area contributed by atoms with Gasteiger partial charge in [-0.05, 0) is 25.1 Å². The summed E-state index contributed by atoms with van der Waals surface area (Å²) in [7, 11) is 1.62. The zero-order valence-corrected chi connectivity index (χ0v) is 14.0. The molecule has 0 amide bonds. The van der Waals surface area contributed by atoms with E-state index in [9.17, 15) is 0 Å². The number of halogens is 2. The van der Waals surface area contributed by atoms with E-state index in [-0.39, 0.29) is 0 Å². The molecule has 4 nitrogen and oxygen atoms in total. The van der Waals surface area contributed by atoms with E-state index in [4.69, 9.17) is 27.9 Å². The van der Waals surface area contributed by atoms with Gasteiger partial charge < -0.3 is 10.1 Å². The van der Waals surface area contributed by atoms with E-state index in [0.29, 0.717) is 22.5 Å². The number of aromatic nitrogens is 2. The van der Waals surface area contributed by atoms with Crippen molar-refractivity contribution in [1.82, 2.24) is 9.97 Å². The molecule has 1 aromatic carbocycles. The van der Waals surface area contributed by atoms with Gasteiger partial charge in [0.2, 0.25) is 0 Å². The lowest BCUT2D eigenvalue weighted by Crippen LogP contribution is -2.05. The molecule has 0 unspecified atom stereocenters. The van der Waals surface area contributed by atoms with Crippen molar-refractivity contribution in [2.45, 2.75) is 23.5 Å². The number of anilines is 1. The SMILES string of the molecule is CCNc1cc(Sc2ccc(Cl)c(Cl)c2)nc(COC)n1. The van der Waals surface area contributed by atoms with Crippen LogP contribution in [-0.2, 0) is 11.3 Å². The zero-order valence-electron chi connectivity index (χ0n) is 11.7. The van der Waals surface area contributed by atoms with Crippen LogP contribution in [0.3, 0.4) is 0 Å². The van der Waals surface area contributed by atoms with Gasteiger partial charge in [0.05, 0.1) is 10.0 Å². The van der Waals surface area contributed by atoms with Gasteiger partial charge in [-0.1, -0.05) is 35.0 Å². The van der Waals surface area contributed by atoms with E-state index in [1.165, 1.54) is 11.8 Å². The van der Waals surface area contributed by atoms with E-state index >= 15 is 0 Å². The third-order valence-electron chi connectivity index (χ3n) is 2.49. The summed E-state index contributed by atoms with van der Waals surface area (Å²) in [6.45, 7) is 3.18. The van der Waals surface area contributed by atoms with Gasteiger partial charge in [-0.3, -0.25) is 0 Å². The normalized spacial score (nSPS) is 10.7. The molecule has 21 heavy (non-hydrogen) atoms. The number of benzene rings is 1. The van der Waals surface area contributed by atoms with Crippen molar-refractivity contribution in [3.63, 3.8) is 0 Å². The Kier molecular flexibility index (Phi) is 6.11. The number of nitrogens with zero attached hydrogens (tertiary/aromatic N) is 2. The standard InChI is InChI=1S/C14H15Cl2N3OS/c1-3-17-12-7-14(19-13(18-12)8-20-2)21-9-4-5-10(15)11(16)6-9/h4-7H,3,8H2,1-2H3,(H,17,18,19). The molecule has 0 spiro atoms. The van der Waals surface area contributed by atoms with Crippen LogP contribution in [0.15, 0.2) is 34.2 Å². The van der Waals surface area contributed by atoms with Crippen LogP contribution in [0.5, 0.6) is 0 Å². The summed E-state index contributed by atoms with van der Waals surface area (Å²) in [5, 5.41) is 5.08. The second-order valence-electron chi connectivity index (χ2n) is 4.15. The zero-order chi connectivity index (χ0) is 15.2. The lowest BCUT2D eigenvalue weighted by atomic mass is 10.4. The summed E-state index contributed by atoms with van der Waals surface area (Å²) in [6, 6.07) is 7.40. The molecule has 0 fully saturated rings. The van der Waals surface area contributed by atoms with Gasteiger partial charge in [-0.2, -0.15) is 0 Å². The van der Waals surface area contributed by atoms with Crippen LogP contribution in [0, 0.1) is 0 Å². The highest BCUT2D eigenvalue weighted by molar-refractivity contribution is 7.99. The van der Waals surface area contributed by atoms with Gasteiger partial charge in [0.1, 0.15) is 17.5 Å². The molecule has 0 saturated heterocycles. The Labute approximate surface area is 138 Å². The third-order valence-corrected chi connectivity index (χ3v) is 4.14. The molecule has 2 rings (SSSR count). The maximum atomic E-state index is 6.03. The largest absolute Gasteiger partial charge is 0.377 e. The third kappa shape index (κ3) is 4.74. The Balaban J connectivity index is 2.26. The van der Waals surface area contributed by atoms with Crippen LogP contribution in [0.2, 0.25) is 10.0 Å². The molecule has 1 N–H and O–H groups in total. The fraction of sp³-hybridized carbons (Fsp3) is 0.286. The maximum absolute atomic E-state index is 6.03. The van der Waals surface area contributed by atoms with Crippen molar-refractivity contribution < 1.29 is 4.74 Å². The molecule has 0 aliphatic rings. The van der Waals surface area contributed by atoms with Crippen molar-refractivity contribution in [3.05, 3.63) is 40.1 Å². The van der Waals surface area contributed by atoms with Crippen LogP contribution >= 0.6 is 35.0 Å². The molecule has 0 aliphatic carbocycles. The van der Waals surface area contributed by atoms with Crippen LogP contribution in [-0.4, -0.2) is 23.6 Å². The number of rotatable bonds is 6. The number of ether oxygens (including phenoxy) is 1. The Bertz CT molecular complexity index is 601. The highest BCUT2D eigenvalue weighted by Crippen LogP contribution is 2.32. The maximum Gasteiger partial charge on any atom is 0.157 e. The van der Waals surface area contributed by atoms with Gasteiger partial charge in [0.25, 0.3) is 0 Å². The van der Waals surface area contributed by atoms with E-state index in [2.05, 4.69) is 15.3 Å². The Morgan fingerprint density at radius 2 is 2.00 bits per heavy atom. The molecular formula is C14H15Cl2N3OS. The first-order chi connectivity index (χ1) is 10.1. The molecule has 0 saturated carbocycles. The fourth-order valence-electron chi connectivity index (χ4n) is 1.65. The topological polar surface area (TPSA) is 47.0 Å². The van der Waals surface area contributed by atoms with Gasteiger partial charge in [0, 0.05) is 24.6 Å². The Morgan fingerprint density at radius 1 is 1.19 bits per heavy atom.